The van der Waals surface area contributed by atoms with Gasteiger partial charge in [-0.3, -0.25) is 9.52 Å². The van der Waals surface area contributed by atoms with E-state index in [2.05, 4.69) is 10.0 Å². The van der Waals surface area contributed by atoms with Crippen LogP contribution >= 0.6 is 0 Å². The van der Waals surface area contributed by atoms with E-state index in [9.17, 15) is 26.4 Å². The van der Waals surface area contributed by atoms with Crippen molar-refractivity contribution >= 4 is 27.3 Å². The molecule has 0 spiro atoms. The first kappa shape index (κ1) is 20.7. The van der Waals surface area contributed by atoms with E-state index in [1.165, 1.54) is 30.3 Å². The molecule has 2 aromatic rings. The number of benzene rings is 2. The van der Waals surface area contributed by atoms with Crippen molar-refractivity contribution in [1.82, 2.24) is 0 Å². The van der Waals surface area contributed by atoms with Crippen LogP contribution in [0.1, 0.15) is 12.5 Å². The van der Waals surface area contributed by atoms with Gasteiger partial charge in [0.2, 0.25) is 5.91 Å². The Labute approximate surface area is 154 Å². The van der Waals surface area contributed by atoms with E-state index in [1.807, 2.05) is 0 Å². The highest BCUT2D eigenvalue weighted by Gasteiger charge is 2.30. The van der Waals surface area contributed by atoms with Gasteiger partial charge in [-0.2, -0.15) is 13.2 Å². The Bertz CT molecular complexity index is 914. The second kappa shape index (κ2) is 8.40. The first-order valence-electron chi connectivity index (χ1n) is 7.79. The third-order valence-electron chi connectivity index (χ3n) is 3.31. The van der Waals surface area contributed by atoms with Crippen LogP contribution in [0.4, 0.5) is 24.5 Å². The molecular formula is C17H17F3N2O4S. The molecule has 0 bridgehead atoms. The Morgan fingerprint density at radius 3 is 2.41 bits per heavy atom. The molecule has 10 heteroatoms. The lowest BCUT2D eigenvalue weighted by Gasteiger charge is -2.12. The summed E-state index contributed by atoms with van der Waals surface area (Å²) < 4.78 is 70.2. The minimum absolute atomic E-state index is 0.185. The largest absolute Gasteiger partial charge is 0.416 e. The fourth-order valence-electron chi connectivity index (χ4n) is 2.11. The van der Waals surface area contributed by atoms with E-state index in [0.29, 0.717) is 12.7 Å². The zero-order valence-corrected chi connectivity index (χ0v) is 15.0. The summed E-state index contributed by atoms with van der Waals surface area (Å²) in [5.74, 6) is -0.461. The summed E-state index contributed by atoms with van der Waals surface area (Å²) in [6.07, 6.45) is -4.59. The molecule has 0 saturated heterocycles. The average Bonchev–Trinajstić information content (AvgIpc) is 2.59. The van der Waals surface area contributed by atoms with Crippen LogP contribution in [0.5, 0.6) is 0 Å². The molecule has 0 aliphatic heterocycles. The van der Waals surface area contributed by atoms with Gasteiger partial charge in [0.1, 0.15) is 6.61 Å². The number of nitrogens with one attached hydrogen (secondary N) is 2. The Balaban J connectivity index is 2.20. The molecule has 0 unspecified atom stereocenters. The Morgan fingerprint density at radius 2 is 1.74 bits per heavy atom. The molecule has 0 aliphatic rings. The number of alkyl halides is 3. The number of hydrogen-bond acceptors (Lipinski definition) is 4. The topological polar surface area (TPSA) is 84.5 Å². The SMILES string of the molecule is CCOCC(=O)Nc1cccc(S(=O)(=O)Nc2cccc(C(F)(F)F)c2)c1. The first-order valence-corrected chi connectivity index (χ1v) is 9.28. The van der Waals surface area contributed by atoms with E-state index in [4.69, 9.17) is 4.74 Å². The smallest absolute Gasteiger partial charge is 0.372 e. The van der Waals surface area contributed by atoms with Gasteiger partial charge in [-0.1, -0.05) is 12.1 Å². The summed E-state index contributed by atoms with van der Waals surface area (Å²) in [5.41, 5.74) is -0.984. The highest BCUT2D eigenvalue weighted by Crippen LogP contribution is 2.31. The van der Waals surface area contributed by atoms with Gasteiger partial charge in [0.25, 0.3) is 10.0 Å². The van der Waals surface area contributed by atoms with Gasteiger partial charge in [-0.05, 0) is 43.3 Å². The van der Waals surface area contributed by atoms with Crippen molar-refractivity contribution in [3.63, 3.8) is 0 Å². The molecule has 0 aromatic heterocycles. The van der Waals surface area contributed by atoms with Gasteiger partial charge in [0.15, 0.2) is 0 Å². The molecule has 27 heavy (non-hydrogen) atoms. The van der Waals surface area contributed by atoms with Gasteiger partial charge in [0.05, 0.1) is 10.5 Å². The van der Waals surface area contributed by atoms with Crippen LogP contribution in [0.25, 0.3) is 0 Å². The van der Waals surface area contributed by atoms with E-state index >= 15 is 0 Å². The molecule has 6 nitrogen and oxygen atoms in total. The highest BCUT2D eigenvalue weighted by molar-refractivity contribution is 7.92. The predicted octanol–water partition coefficient (Wildman–Crippen LogP) is 3.48. The number of rotatable bonds is 7. The van der Waals surface area contributed by atoms with Crippen molar-refractivity contribution in [2.45, 2.75) is 18.0 Å². The number of amides is 1. The zero-order chi connectivity index (χ0) is 20.1. The fraction of sp³-hybridized carbons (Fsp3) is 0.235. The van der Waals surface area contributed by atoms with Crippen LogP contribution in [0.3, 0.4) is 0 Å². The molecule has 2 rings (SSSR count). The maximum Gasteiger partial charge on any atom is 0.416 e. The van der Waals surface area contributed by atoms with Crippen molar-refractivity contribution in [3.05, 3.63) is 54.1 Å². The Kier molecular flexibility index (Phi) is 6.45. The minimum atomic E-state index is -4.59. The molecule has 0 radical (unpaired) electrons. The van der Waals surface area contributed by atoms with E-state index < -0.39 is 27.7 Å². The highest BCUT2D eigenvalue weighted by atomic mass is 32.2. The summed E-state index contributed by atoms with van der Waals surface area (Å²) in [5, 5.41) is 2.48. The van der Waals surface area contributed by atoms with Crippen molar-refractivity contribution in [1.29, 1.82) is 0 Å². The third kappa shape index (κ3) is 5.97. The molecule has 0 saturated carbocycles. The molecule has 146 valence electrons. The maximum atomic E-state index is 12.8. The minimum Gasteiger partial charge on any atom is -0.372 e. The van der Waals surface area contributed by atoms with Gasteiger partial charge in [-0.15, -0.1) is 0 Å². The second-order valence-electron chi connectivity index (χ2n) is 5.40. The summed E-state index contributed by atoms with van der Waals surface area (Å²) in [7, 11) is -4.15. The fourth-order valence-corrected chi connectivity index (χ4v) is 3.20. The van der Waals surface area contributed by atoms with E-state index in [0.717, 1.165) is 12.1 Å². The molecular weight excluding hydrogens is 385 g/mol. The quantitative estimate of drug-likeness (QED) is 0.743. The first-order chi connectivity index (χ1) is 12.6. The summed E-state index contributed by atoms with van der Waals surface area (Å²) in [6.45, 7) is 1.89. The van der Waals surface area contributed by atoms with Gasteiger partial charge >= 0.3 is 6.18 Å². The summed E-state index contributed by atoms with van der Waals surface area (Å²) in [4.78, 5) is 11.4. The van der Waals surface area contributed by atoms with Gasteiger partial charge < -0.3 is 10.1 Å². The lowest BCUT2D eigenvalue weighted by Crippen LogP contribution is -2.19. The van der Waals surface area contributed by atoms with Crippen LogP contribution in [-0.4, -0.2) is 27.5 Å². The zero-order valence-electron chi connectivity index (χ0n) is 14.2. The van der Waals surface area contributed by atoms with Crippen molar-refractivity contribution < 1.29 is 31.1 Å². The van der Waals surface area contributed by atoms with Crippen molar-refractivity contribution in [3.8, 4) is 0 Å². The summed E-state index contributed by atoms with van der Waals surface area (Å²) in [6, 6.07) is 9.18. The Morgan fingerprint density at radius 1 is 1.07 bits per heavy atom. The third-order valence-corrected chi connectivity index (χ3v) is 4.69. The number of carbonyl (C=O) groups is 1. The van der Waals surface area contributed by atoms with E-state index in [-0.39, 0.29) is 22.9 Å². The number of ether oxygens (including phenoxy) is 1. The predicted molar refractivity (Wildman–Crippen MR) is 93.8 cm³/mol. The summed E-state index contributed by atoms with van der Waals surface area (Å²) >= 11 is 0. The standard InChI is InChI=1S/C17H17F3N2O4S/c1-2-26-11-16(23)21-13-6-4-8-15(10-13)27(24,25)22-14-7-3-5-12(9-14)17(18,19)20/h3-10,22H,2,11H2,1H3,(H,21,23). The lowest BCUT2D eigenvalue weighted by molar-refractivity contribution is -0.137. The van der Waals surface area contributed by atoms with Crippen LogP contribution < -0.4 is 10.0 Å². The average molecular weight is 402 g/mol. The van der Waals surface area contributed by atoms with Crippen LogP contribution in [0.15, 0.2) is 53.4 Å². The monoisotopic (exact) mass is 402 g/mol. The number of anilines is 2. The van der Waals surface area contributed by atoms with E-state index in [1.54, 1.807) is 6.92 Å². The number of carbonyl (C=O) groups excluding carboxylic acids is 1. The maximum absolute atomic E-state index is 12.8. The van der Waals surface area contributed by atoms with Gasteiger partial charge in [-0.25, -0.2) is 8.42 Å². The molecule has 2 aromatic carbocycles. The second-order valence-corrected chi connectivity index (χ2v) is 7.08. The van der Waals surface area contributed by atoms with Crippen molar-refractivity contribution in [2.75, 3.05) is 23.3 Å². The molecule has 0 atom stereocenters. The number of hydrogen-bond donors (Lipinski definition) is 2. The molecule has 2 N–H and O–H groups in total. The van der Waals surface area contributed by atoms with Gasteiger partial charge in [0, 0.05) is 18.0 Å². The molecule has 0 aliphatic carbocycles. The molecule has 1 amide bonds. The number of halogens is 3. The molecule has 0 heterocycles. The lowest BCUT2D eigenvalue weighted by atomic mass is 10.2. The van der Waals surface area contributed by atoms with Crippen molar-refractivity contribution in [2.24, 2.45) is 0 Å². The molecule has 0 fully saturated rings. The van der Waals surface area contributed by atoms with Crippen LogP contribution in [-0.2, 0) is 25.7 Å². The number of sulfonamides is 1. The Hall–Kier alpha value is -2.59. The van der Waals surface area contributed by atoms with Crippen LogP contribution in [0.2, 0.25) is 0 Å². The van der Waals surface area contributed by atoms with Crippen LogP contribution in [0, 0.1) is 0 Å². The normalized spacial score (nSPS) is 11.9.